The lowest BCUT2D eigenvalue weighted by Crippen LogP contribution is -2.33. The predicted molar refractivity (Wildman–Crippen MR) is 311 cm³/mol. The summed E-state index contributed by atoms with van der Waals surface area (Å²) in [5.74, 6) is 2.61. The Morgan fingerprint density at radius 2 is 1.20 bits per heavy atom. The van der Waals surface area contributed by atoms with Gasteiger partial charge in [-0.2, -0.15) is 0 Å². The number of hydrogen-bond acceptors (Lipinski definition) is 5. The van der Waals surface area contributed by atoms with Crippen molar-refractivity contribution in [2.75, 3.05) is 46.4 Å². The topological polar surface area (TPSA) is 51.7 Å². The van der Waals surface area contributed by atoms with Gasteiger partial charge in [-0.25, -0.2) is 4.98 Å². The molecule has 7 rings (SSSR count). The molecule has 0 bridgehead atoms. The second-order valence-electron chi connectivity index (χ2n) is 19.4. The molecule has 1 aromatic heterocycles. The zero-order valence-electron chi connectivity index (χ0n) is 43.3. The van der Waals surface area contributed by atoms with Crippen LogP contribution in [0.4, 0.5) is 0 Å². The van der Waals surface area contributed by atoms with Crippen molar-refractivity contribution in [3.8, 4) is 5.88 Å². The van der Waals surface area contributed by atoms with E-state index in [0.717, 1.165) is 67.1 Å². The normalized spacial score (nSPS) is 12.3. The Morgan fingerprint density at radius 1 is 0.634 bits per heavy atom. The van der Waals surface area contributed by atoms with Gasteiger partial charge in [0.25, 0.3) is 0 Å². The summed E-state index contributed by atoms with van der Waals surface area (Å²) in [4.78, 5) is 19.9. The van der Waals surface area contributed by atoms with Crippen molar-refractivity contribution in [3.63, 3.8) is 0 Å². The van der Waals surface area contributed by atoms with Gasteiger partial charge in [-0.3, -0.25) is 4.79 Å². The molecular formula is C64H79BrN2O3P+. The largest absolute Gasteiger partial charge is 0.481 e. The molecule has 0 aliphatic rings. The molecule has 0 saturated carbocycles. The molecule has 2 atom stereocenters. The maximum atomic E-state index is 12.6. The summed E-state index contributed by atoms with van der Waals surface area (Å²) >= 11 is 2.94. The van der Waals surface area contributed by atoms with Crippen LogP contribution in [0.2, 0.25) is 0 Å². The molecule has 1 heterocycles. The van der Waals surface area contributed by atoms with Gasteiger partial charge in [-0.05, 0) is 161 Å². The van der Waals surface area contributed by atoms with Crippen molar-refractivity contribution in [2.24, 2.45) is 0 Å². The first-order valence-electron chi connectivity index (χ1n) is 26.1. The number of benzene rings is 6. The van der Waals surface area contributed by atoms with E-state index in [1.165, 1.54) is 88.9 Å². The molecule has 0 N–H and O–H groups in total. The van der Waals surface area contributed by atoms with Crippen LogP contribution in [0.25, 0.3) is 21.7 Å². The Balaban J connectivity index is 0.00000407. The summed E-state index contributed by atoms with van der Waals surface area (Å²) in [5.41, 5.74) is 5.69. The number of allylic oxidation sites excluding steroid dienone is 1. The number of halogens is 1. The number of fused-ring (bicyclic) bond motifs is 2. The molecule has 0 amide bonds. The van der Waals surface area contributed by atoms with Crippen LogP contribution >= 0.6 is 23.2 Å². The number of alkyl halides is 1. The molecule has 0 saturated heterocycles. The highest BCUT2D eigenvalue weighted by Crippen LogP contribution is 2.56. The predicted octanol–water partition coefficient (Wildman–Crippen LogP) is 15.6. The molecular weight excluding hydrogens is 956 g/mol. The fourth-order valence-corrected chi connectivity index (χ4v) is 14.9. The molecule has 0 fully saturated rings. The zero-order chi connectivity index (χ0) is 50.3. The Labute approximate surface area is 436 Å². The van der Waals surface area contributed by atoms with E-state index in [2.05, 4.69) is 206 Å². The molecule has 7 heteroatoms. The Kier molecular flexibility index (Phi) is 22.9. The quantitative estimate of drug-likeness (QED) is 0.0161. The SMILES string of the molecule is C=C(C)[C@H](c1cc2cc(CCCCOC(=O)CCCCCCCCCCC[P+](c3ccccc3)(c3ccccc3)c3ccccc3)ccc2nc1OC)C(CCN(C)C)c1cccc2ccccc12.CBr. The van der Waals surface area contributed by atoms with E-state index in [9.17, 15) is 4.79 Å². The third-order valence-electron chi connectivity index (χ3n) is 14.0. The highest BCUT2D eigenvalue weighted by molar-refractivity contribution is 9.08. The minimum absolute atomic E-state index is 0.0155. The summed E-state index contributed by atoms with van der Waals surface area (Å²) in [6, 6.07) is 57.9. The van der Waals surface area contributed by atoms with Crippen molar-refractivity contribution >= 4 is 66.8 Å². The number of esters is 1. The number of hydrogen-bond donors (Lipinski definition) is 0. The number of carbonyl (C=O) groups is 1. The highest BCUT2D eigenvalue weighted by Gasteiger charge is 2.44. The fourth-order valence-electron chi connectivity index (χ4n) is 10.5. The number of aromatic nitrogens is 1. The number of methoxy groups -OCH3 is 1. The first-order valence-corrected chi connectivity index (χ1v) is 29.7. The van der Waals surface area contributed by atoms with Crippen LogP contribution in [0, 0.1) is 0 Å². The van der Waals surface area contributed by atoms with Gasteiger partial charge in [0.05, 0.1) is 25.4 Å². The molecule has 0 aliphatic carbocycles. The summed E-state index contributed by atoms with van der Waals surface area (Å²) in [6.45, 7) is 8.13. The number of aryl methyl sites for hydroxylation is 1. The van der Waals surface area contributed by atoms with E-state index in [4.69, 9.17) is 14.5 Å². The van der Waals surface area contributed by atoms with Crippen molar-refractivity contribution in [2.45, 2.75) is 109 Å². The number of nitrogens with zero attached hydrogens (tertiary/aromatic N) is 2. The monoisotopic (exact) mass is 1030 g/mol. The van der Waals surface area contributed by atoms with Crippen molar-refractivity contribution in [1.29, 1.82) is 0 Å². The molecule has 1 unspecified atom stereocenters. The van der Waals surface area contributed by atoms with Gasteiger partial charge in [-0.15, -0.1) is 0 Å². The Hall–Kier alpha value is -5.13. The Bertz CT molecular complexity index is 2570. The minimum Gasteiger partial charge on any atom is -0.481 e. The smallest absolute Gasteiger partial charge is 0.305 e. The van der Waals surface area contributed by atoms with E-state index in [0.29, 0.717) is 18.9 Å². The number of rotatable bonds is 28. The van der Waals surface area contributed by atoms with Crippen molar-refractivity contribution in [3.05, 3.63) is 187 Å². The lowest BCUT2D eigenvalue weighted by molar-refractivity contribution is -0.143. The van der Waals surface area contributed by atoms with Gasteiger partial charge in [0.15, 0.2) is 0 Å². The van der Waals surface area contributed by atoms with Gasteiger partial charge in [-0.1, -0.05) is 170 Å². The zero-order valence-corrected chi connectivity index (χ0v) is 45.8. The molecule has 0 aliphatic heterocycles. The average molecular weight is 1040 g/mol. The van der Waals surface area contributed by atoms with Gasteiger partial charge >= 0.3 is 5.97 Å². The lowest BCUT2D eigenvalue weighted by atomic mass is 9.74. The van der Waals surface area contributed by atoms with Gasteiger partial charge in [0.2, 0.25) is 5.88 Å². The first kappa shape index (κ1) is 55.2. The molecule has 5 nitrogen and oxygen atoms in total. The van der Waals surface area contributed by atoms with Gasteiger partial charge in [0.1, 0.15) is 23.2 Å². The number of unbranched alkanes of at least 4 members (excludes halogenated alkanes) is 9. The summed E-state index contributed by atoms with van der Waals surface area (Å²) in [7, 11) is 4.26. The lowest BCUT2D eigenvalue weighted by Gasteiger charge is -2.31. The van der Waals surface area contributed by atoms with E-state index in [1.807, 2.05) is 5.83 Å². The molecule has 71 heavy (non-hydrogen) atoms. The molecule has 7 aromatic rings. The summed E-state index contributed by atoms with van der Waals surface area (Å²) < 4.78 is 11.7. The van der Waals surface area contributed by atoms with Crippen LogP contribution in [0.3, 0.4) is 0 Å². The molecule has 0 radical (unpaired) electrons. The number of carbonyl (C=O) groups excluding carboxylic acids is 1. The first-order chi connectivity index (χ1) is 34.8. The van der Waals surface area contributed by atoms with Crippen molar-refractivity contribution in [1.82, 2.24) is 9.88 Å². The molecule has 0 spiro atoms. The minimum atomic E-state index is -1.74. The summed E-state index contributed by atoms with van der Waals surface area (Å²) in [5, 5.41) is 8.07. The van der Waals surface area contributed by atoms with Crippen molar-refractivity contribution < 1.29 is 14.3 Å². The average Bonchev–Trinajstić information content (AvgIpc) is 3.40. The van der Waals surface area contributed by atoms with Crippen LogP contribution in [-0.2, 0) is 16.0 Å². The van der Waals surface area contributed by atoms with E-state index in [-0.39, 0.29) is 17.8 Å². The number of ether oxygens (including phenoxy) is 2. The highest BCUT2D eigenvalue weighted by atomic mass is 79.9. The van der Waals surface area contributed by atoms with Crippen LogP contribution in [-0.4, -0.2) is 62.2 Å². The standard InChI is InChI=1S/C63H76N2O3P.CH3Br/c1-49(2)62(58(43-44-65(3)4)57-39-28-31-51-30-23-24-38-56(51)57)59-48-52-47-50(41-42-60(52)64-63(59)67-5)29-25-26-45-68-61(66)40-22-11-9-7-6-8-10-12-27-46-69(53-32-16-13-17-33-53,54-34-18-14-19-35-54)55-36-20-15-21-37-55;1-2/h13-21,23-24,28,30-39,41-42,47-48,58,62H,1,6-12,22,25-27,29,40,43-46H2,2-5H3;1H3/q+1;/t58?,62-;/m0./s1. The van der Waals surface area contributed by atoms with E-state index in [1.54, 1.807) is 7.11 Å². The third kappa shape index (κ3) is 15.4. The molecule has 374 valence electrons. The van der Waals surface area contributed by atoms with Crippen LogP contribution in [0.15, 0.2) is 170 Å². The molecule has 6 aromatic carbocycles. The second kappa shape index (κ2) is 29.4. The summed E-state index contributed by atoms with van der Waals surface area (Å²) in [6.07, 6.45) is 16.1. The van der Waals surface area contributed by atoms with E-state index >= 15 is 0 Å². The van der Waals surface area contributed by atoms with Crippen LogP contribution in [0.5, 0.6) is 5.88 Å². The van der Waals surface area contributed by atoms with Gasteiger partial charge in [0, 0.05) is 23.3 Å². The maximum absolute atomic E-state index is 12.6. The Morgan fingerprint density at radius 3 is 1.79 bits per heavy atom. The van der Waals surface area contributed by atoms with Crippen LogP contribution < -0.4 is 20.7 Å². The van der Waals surface area contributed by atoms with E-state index < -0.39 is 7.26 Å². The van der Waals surface area contributed by atoms with Gasteiger partial charge < -0.3 is 14.4 Å². The third-order valence-corrected chi connectivity index (χ3v) is 18.6. The fraction of sp³-hybridized carbons (Fsp3) is 0.375. The number of pyridine rings is 1. The maximum Gasteiger partial charge on any atom is 0.305 e. The second-order valence-corrected chi connectivity index (χ2v) is 23.0. The van der Waals surface area contributed by atoms with Crippen LogP contribution in [0.1, 0.15) is 119 Å².